The Kier molecular flexibility index (Phi) is 5.46. The van der Waals surface area contributed by atoms with E-state index in [0.29, 0.717) is 5.56 Å². The van der Waals surface area contributed by atoms with Crippen LogP contribution in [0.5, 0.6) is 5.75 Å². The van der Waals surface area contributed by atoms with E-state index in [2.05, 4.69) is 0 Å². The van der Waals surface area contributed by atoms with E-state index in [1.54, 1.807) is 0 Å². The first-order chi connectivity index (χ1) is 11.7. The Bertz CT molecular complexity index is 647. The minimum absolute atomic E-state index is 0.0743. The minimum Gasteiger partial charge on any atom is -0.507 e. The van der Waals surface area contributed by atoms with E-state index in [1.807, 2.05) is 67.5 Å². The molecule has 1 aliphatic heterocycles. The molecule has 2 rings (SSSR count). The summed E-state index contributed by atoms with van der Waals surface area (Å²) < 4.78 is 0. The molecule has 0 bridgehead atoms. The van der Waals surface area contributed by atoms with Crippen molar-refractivity contribution in [1.82, 2.24) is 5.06 Å². The van der Waals surface area contributed by atoms with Gasteiger partial charge in [-0.3, -0.25) is 9.63 Å². The molecule has 26 heavy (non-hydrogen) atoms. The molecule has 2 N–H and O–H groups in total. The zero-order valence-electron chi connectivity index (χ0n) is 17.3. The summed E-state index contributed by atoms with van der Waals surface area (Å²) in [4.78, 5) is 18.1. The van der Waals surface area contributed by atoms with E-state index < -0.39 is 12.0 Å². The minimum atomic E-state index is -0.978. The van der Waals surface area contributed by atoms with Gasteiger partial charge in [-0.2, -0.15) is 0 Å². The quantitative estimate of drug-likeness (QED) is 0.856. The van der Waals surface area contributed by atoms with Crippen LogP contribution in [0.4, 0.5) is 0 Å². The van der Waals surface area contributed by atoms with Crippen LogP contribution >= 0.6 is 0 Å². The molecule has 2 atom stereocenters. The zero-order valence-corrected chi connectivity index (χ0v) is 17.3. The summed E-state index contributed by atoms with van der Waals surface area (Å²) in [6.07, 6.45) is -0.978. The highest BCUT2D eigenvalue weighted by atomic mass is 16.7. The molecule has 1 saturated heterocycles. The molecule has 2 unspecified atom stereocenters. The summed E-state index contributed by atoms with van der Waals surface area (Å²) >= 11 is 0. The number of hydrogen-bond donors (Lipinski definition) is 2. The zero-order chi connectivity index (χ0) is 20.0. The van der Waals surface area contributed by atoms with Gasteiger partial charge in [-0.05, 0) is 53.5 Å². The average molecular weight is 363 g/mol. The molecule has 1 aliphatic rings. The molecule has 5 heteroatoms. The Hall–Kier alpha value is -1.59. The molecule has 146 valence electrons. The van der Waals surface area contributed by atoms with E-state index in [-0.39, 0.29) is 35.1 Å². The second kappa shape index (κ2) is 6.86. The van der Waals surface area contributed by atoms with Crippen LogP contribution in [0, 0.1) is 5.92 Å². The maximum Gasteiger partial charge on any atom is 0.254 e. The van der Waals surface area contributed by atoms with E-state index in [0.717, 1.165) is 11.1 Å². The normalized spacial score (nSPS) is 20.2. The molecule has 5 nitrogen and oxygen atoms in total. The number of hydroxylamine groups is 2. The van der Waals surface area contributed by atoms with Crippen molar-refractivity contribution in [2.24, 2.45) is 5.92 Å². The molecule has 1 aromatic rings. The first kappa shape index (κ1) is 20.7. The number of carbonyl (C=O) groups is 1. The summed E-state index contributed by atoms with van der Waals surface area (Å²) in [7, 11) is 0. The van der Waals surface area contributed by atoms with E-state index in [1.165, 1.54) is 5.06 Å². The monoisotopic (exact) mass is 363 g/mol. The summed E-state index contributed by atoms with van der Waals surface area (Å²) in [5.41, 5.74) is 1.60. The lowest BCUT2D eigenvalue weighted by molar-refractivity contribution is -0.170. The highest BCUT2D eigenvalue weighted by molar-refractivity contribution is 5.80. The van der Waals surface area contributed by atoms with Crippen molar-refractivity contribution < 1.29 is 19.8 Å². The number of carbonyl (C=O) groups excluding carboxylic acids is 1. The van der Waals surface area contributed by atoms with Gasteiger partial charge in [-0.15, -0.1) is 0 Å². The molecule has 0 aromatic heterocycles. The lowest BCUT2D eigenvalue weighted by Crippen LogP contribution is -2.34. The fraction of sp³-hybridized carbons (Fsp3) is 0.667. The predicted molar refractivity (Wildman–Crippen MR) is 102 cm³/mol. The van der Waals surface area contributed by atoms with Crippen LogP contribution in [-0.4, -0.2) is 33.8 Å². The molecule has 0 spiro atoms. The van der Waals surface area contributed by atoms with Gasteiger partial charge in [-0.1, -0.05) is 41.5 Å². The van der Waals surface area contributed by atoms with Crippen LogP contribution in [0.25, 0.3) is 0 Å². The maximum absolute atomic E-state index is 12.6. The highest BCUT2D eigenvalue weighted by Crippen LogP contribution is 2.42. The van der Waals surface area contributed by atoms with Crippen molar-refractivity contribution in [3.05, 3.63) is 28.8 Å². The number of aliphatic hydroxyl groups excluding tert-OH is 1. The number of nitrogens with zero attached hydrogens (tertiary/aromatic N) is 1. The summed E-state index contributed by atoms with van der Waals surface area (Å²) in [6, 6.07) is 3.57. The molecular weight excluding hydrogens is 330 g/mol. The van der Waals surface area contributed by atoms with Gasteiger partial charge in [0.2, 0.25) is 0 Å². The number of aliphatic hydroxyl groups is 1. The highest BCUT2D eigenvalue weighted by Gasteiger charge is 2.41. The molecule has 1 heterocycles. The van der Waals surface area contributed by atoms with Crippen LogP contribution in [0.3, 0.4) is 0 Å². The molecule has 1 aromatic carbocycles. The Morgan fingerprint density at radius 3 is 1.88 bits per heavy atom. The number of phenols is 1. The molecule has 0 saturated carbocycles. The number of rotatable bonds is 3. The number of amides is 1. The first-order valence-electron chi connectivity index (χ1n) is 9.27. The molecule has 0 radical (unpaired) electrons. The van der Waals surface area contributed by atoms with Gasteiger partial charge in [0.15, 0.2) is 0 Å². The van der Waals surface area contributed by atoms with Crippen molar-refractivity contribution in [2.45, 2.75) is 78.4 Å². The smallest absolute Gasteiger partial charge is 0.254 e. The largest absolute Gasteiger partial charge is 0.507 e. The average Bonchev–Trinajstić information content (AvgIpc) is 2.86. The Balaban J connectivity index is 2.51. The Morgan fingerprint density at radius 1 is 1.08 bits per heavy atom. The first-order valence-corrected chi connectivity index (χ1v) is 9.27. The van der Waals surface area contributed by atoms with Crippen LogP contribution in [0.1, 0.15) is 78.2 Å². The van der Waals surface area contributed by atoms with Gasteiger partial charge in [0, 0.05) is 0 Å². The van der Waals surface area contributed by atoms with E-state index in [9.17, 15) is 15.0 Å². The van der Waals surface area contributed by atoms with Gasteiger partial charge in [-0.25, -0.2) is 5.06 Å². The van der Waals surface area contributed by atoms with Crippen molar-refractivity contribution >= 4 is 5.91 Å². The van der Waals surface area contributed by atoms with Crippen LogP contribution in [0.2, 0.25) is 0 Å². The third-order valence-corrected chi connectivity index (χ3v) is 4.87. The standard InChI is InChI=1S/C21H33NO4/c1-12(2)22-19(25)14(11-26-22)17(23)13-9-15(20(3,4)5)18(24)16(10-13)21(6,7)8/h9-10,12,14,17,23-24H,11H2,1-8H3. The van der Waals surface area contributed by atoms with Crippen molar-refractivity contribution in [3.8, 4) is 5.75 Å². The Labute approximate surface area is 156 Å². The molecule has 0 aliphatic carbocycles. The second-order valence-corrected chi connectivity index (χ2v) is 9.57. The lowest BCUT2D eigenvalue weighted by Gasteiger charge is -2.29. The number of hydrogen-bond acceptors (Lipinski definition) is 4. The van der Waals surface area contributed by atoms with Gasteiger partial charge in [0.1, 0.15) is 5.75 Å². The maximum atomic E-state index is 12.6. The number of benzene rings is 1. The predicted octanol–water partition coefficient (Wildman–Crippen LogP) is 3.82. The van der Waals surface area contributed by atoms with Crippen molar-refractivity contribution in [3.63, 3.8) is 0 Å². The molecule has 1 fully saturated rings. The van der Waals surface area contributed by atoms with Crippen molar-refractivity contribution in [1.29, 1.82) is 0 Å². The van der Waals surface area contributed by atoms with E-state index >= 15 is 0 Å². The SMILES string of the molecule is CC(C)N1OCC(C(O)c2cc(C(C)(C)C)c(O)c(C(C)(C)C)c2)C1=O. The van der Waals surface area contributed by atoms with Crippen molar-refractivity contribution in [2.75, 3.05) is 6.61 Å². The fourth-order valence-corrected chi connectivity index (χ4v) is 3.29. The topological polar surface area (TPSA) is 70.0 Å². The van der Waals surface area contributed by atoms with Gasteiger partial charge in [0.05, 0.1) is 24.7 Å². The second-order valence-electron chi connectivity index (χ2n) is 9.57. The van der Waals surface area contributed by atoms with Crippen LogP contribution < -0.4 is 0 Å². The van der Waals surface area contributed by atoms with Gasteiger partial charge < -0.3 is 10.2 Å². The van der Waals surface area contributed by atoms with Crippen LogP contribution in [0.15, 0.2) is 12.1 Å². The number of aromatic hydroxyl groups is 1. The van der Waals surface area contributed by atoms with Gasteiger partial charge >= 0.3 is 0 Å². The summed E-state index contributed by atoms with van der Waals surface area (Å²) in [6.45, 7) is 16.1. The summed E-state index contributed by atoms with van der Waals surface area (Å²) in [5, 5.41) is 23.1. The third-order valence-electron chi connectivity index (χ3n) is 4.87. The van der Waals surface area contributed by atoms with Gasteiger partial charge in [0.25, 0.3) is 5.91 Å². The van der Waals surface area contributed by atoms with Crippen LogP contribution in [-0.2, 0) is 20.5 Å². The van der Waals surface area contributed by atoms with E-state index in [4.69, 9.17) is 4.84 Å². The lowest BCUT2D eigenvalue weighted by atomic mass is 9.77. The molecular formula is C21H33NO4. The molecule has 1 amide bonds. The summed E-state index contributed by atoms with van der Waals surface area (Å²) in [5.74, 6) is -0.573. The third kappa shape index (κ3) is 3.89. The fourth-order valence-electron chi connectivity index (χ4n) is 3.29. The Morgan fingerprint density at radius 2 is 1.54 bits per heavy atom. The number of phenolic OH excluding ortho intramolecular Hbond substituents is 1.